The Labute approximate surface area is 213 Å². The first-order chi connectivity index (χ1) is 17.4. The number of halogens is 3. The highest BCUT2D eigenvalue weighted by Gasteiger charge is 2.20. The molecule has 3 aromatic carbocycles. The molecule has 2 bridgehead atoms. The van der Waals surface area contributed by atoms with E-state index < -0.39 is 5.82 Å². The predicted molar refractivity (Wildman–Crippen MR) is 140 cm³/mol. The summed E-state index contributed by atoms with van der Waals surface area (Å²) in [4.78, 5) is 17.2. The van der Waals surface area contributed by atoms with Gasteiger partial charge in [-0.05, 0) is 60.4 Å². The van der Waals surface area contributed by atoms with Crippen molar-refractivity contribution in [2.24, 2.45) is 0 Å². The van der Waals surface area contributed by atoms with Crippen molar-refractivity contribution in [1.29, 1.82) is 0 Å². The maximum atomic E-state index is 14.1. The van der Waals surface area contributed by atoms with Crippen molar-refractivity contribution in [2.45, 2.75) is 31.6 Å². The number of carbonyl (C=O) groups is 1. The van der Waals surface area contributed by atoms with Gasteiger partial charge in [0.15, 0.2) is 0 Å². The molecule has 1 aliphatic heterocycles. The van der Waals surface area contributed by atoms with Crippen LogP contribution in [0.1, 0.15) is 42.9 Å². The number of carbonyl (C=O) groups excluding carboxylic acids is 1. The molecule has 0 aliphatic carbocycles. The third-order valence-corrected chi connectivity index (χ3v) is 6.77. The standard InChI is InChI=1S/C29H24ClF2N3O/c30-20-13-24(29(33)25(32)14-20)19-8-10-26(34-16-19)22-6-1-2-7-28(36)35-27-11-9-21(31)15-23(27)18-5-3-4-17(22)12-18/h3-5,8-16,22H,1-2,6-7,33H2,(H,35,36). The van der Waals surface area contributed by atoms with E-state index >= 15 is 0 Å². The molecule has 182 valence electrons. The molecule has 0 saturated carbocycles. The molecule has 1 aliphatic rings. The van der Waals surface area contributed by atoms with Crippen LogP contribution in [0.15, 0.2) is 72.9 Å². The minimum absolute atomic E-state index is 0.0248. The summed E-state index contributed by atoms with van der Waals surface area (Å²) in [7, 11) is 0. The normalized spacial score (nSPS) is 15.9. The van der Waals surface area contributed by atoms with Gasteiger partial charge in [-0.3, -0.25) is 9.78 Å². The Balaban J connectivity index is 1.55. The Hall–Kier alpha value is -3.77. The Morgan fingerprint density at radius 3 is 2.61 bits per heavy atom. The summed E-state index contributed by atoms with van der Waals surface area (Å²) in [6, 6.07) is 18.9. The van der Waals surface area contributed by atoms with Crippen molar-refractivity contribution in [3.8, 4) is 22.3 Å². The number of hydrogen-bond donors (Lipinski definition) is 2. The lowest BCUT2D eigenvalue weighted by molar-refractivity contribution is -0.116. The summed E-state index contributed by atoms with van der Waals surface area (Å²) < 4.78 is 28.3. The summed E-state index contributed by atoms with van der Waals surface area (Å²) in [6.45, 7) is 0. The fourth-order valence-corrected chi connectivity index (χ4v) is 4.92. The number of hydrogen-bond acceptors (Lipinski definition) is 3. The van der Waals surface area contributed by atoms with E-state index in [0.717, 1.165) is 36.1 Å². The number of anilines is 2. The highest BCUT2D eigenvalue weighted by Crippen LogP contribution is 2.37. The summed E-state index contributed by atoms with van der Waals surface area (Å²) in [5, 5.41) is 3.19. The van der Waals surface area contributed by atoms with Gasteiger partial charge in [0.25, 0.3) is 0 Å². The first-order valence-electron chi connectivity index (χ1n) is 11.8. The number of nitrogen functional groups attached to an aromatic ring is 1. The zero-order valence-corrected chi connectivity index (χ0v) is 20.2. The van der Waals surface area contributed by atoms with Crippen molar-refractivity contribution in [1.82, 2.24) is 4.98 Å². The lowest BCUT2D eigenvalue weighted by Crippen LogP contribution is -2.13. The number of amides is 1. The fraction of sp³-hybridized carbons (Fsp3) is 0.172. The van der Waals surface area contributed by atoms with Gasteiger partial charge in [-0.1, -0.05) is 48.4 Å². The van der Waals surface area contributed by atoms with Crippen molar-refractivity contribution in [3.05, 3.63) is 101 Å². The quantitative estimate of drug-likeness (QED) is 0.277. The second-order valence-electron chi connectivity index (χ2n) is 8.98. The van der Waals surface area contributed by atoms with Gasteiger partial charge in [0.1, 0.15) is 11.6 Å². The Morgan fingerprint density at radius 2 is 1.81 bits per heavy atom. The Morgan fingerprint density at radius 1 is 0.944 bits per heavy atom. The molecule has 0 saturated heterocycles. The molecule has 4 aromatic rings. The van der Waals surface area contributed by atoms with Crippen LogP contribution in [0.25, 0.3) is 22.3 Å². The van der Waals surface area contributed by atoms with E-state index in [1.54, 1.807) is 18.3 Å². The second-order valence-corrected chi connectivity index (χ2v) is 9.42. The van der Waals surface area contributed by atoms with Crippen molar-refractivity contribution in [3.63, 3.8) is 0 Å². The van der Waals surface area contributed by atoms with E-state index in [9.17, 15) is 13.6 Å². The van der Waals surface area contributed by atoms with Crippen LogP contribution in [0.3, 0.4) is 0 Å². The minimum atomic E-state index is -0.571. The average Bonchev–Trinajstić information content (AvgIpc) is 2.87. The van der Waals surface area contributed by atoms with Gasteiger partial charge in [0.05, 0.1) is 5.69 Å². The third-order valence-electron chi connectivity index (χ3n) is 6.55. The number of pyridine rings is 1. The largest absolute Gasteiger partial charge is 0.396 e. The number of nitrogens with two attached hydrogens (primary N) is 1. The van der Waals surface area contributed by atoms with E-state index in [1.165, 1.54) is 18.2 Å². The highest BCUT2D eigenvalue weighted by atomic mass is 35.5. The number of benzene rings is 3. The van der Waals surface area contributed by atoms with Crippen LogP contribution in [-0.4, -0.2) is 10.9 Å². The third kappa shape index (κ3) is 4.95. The van der Waals surface area contributed by atoms with Crippen LogP contribution in [-0.2, 0) is 4.79 Å². The summed E-state index contributed by atoms with van der Waals surface area (Å²) >= 11 is 6.04. The Bertz CT molecular complexity index is 1440. The lowest BCUT2D eigenvalue weighted by atomic mass is 9.87. The number of rotatable bonds is 2. The average molecular weight is 504 g/mol. The summed E-state index contributed by atoms with van der Waals surface area (Å²) in [5.41, 5.74) is 11.0. The number of nitrogens with zero attached hydrogens (tertiary/aromatic N) is 1. The Kier molecular flexibility index (Phi) is 6.70. The molecule has 0 spiro atoms. The zero-order chi connectivity index (χ0) is 25.2. The van der Waals surface area contributed by atoms with Gasteiger partial charge in [0.2, 0.25) is 5.91 Å². The van der Waals surface area contributed by atoms with Gasteiger partial charge >= 0.3 is 0 Å². The van der Waals surface area contributed by atoms with Crippen molar-refractivity contribution >= 4 is 28.9 Å². The van der Waals surface area contributed by atoms with Gasteiger partial charge in [0, 0.05) is 51.6 Å². The summed E-state index contributed by atoms with van der Waals surface area (Å²) in [5.74, 6) is -1.07. The van der Waals surface area contributed by atoms with Crippen LogP contribution in [0.5, 0.6) is 0 Å². The van der Waals surface area contributed by atoms with E-state index in [1.807, 2.05) is 36.4 Å². The molecule has 1 unspecified atom stereocenters. The van der Waals surface area contributed by atoms with Crippen LogP contribution in [0.4, 0.5) is 20.2 Å². The first-order valence-corrected chi connectivity index (χ1v) is 12.2. The molecule has 1 atom stereocenters. The zero-order valence-electron chi connectivity index (χ0n) is 19.4. The van der Waals surface area contributed by atoms with Crippen molar-refractivity contribution < 1.29 is 13.6 Å². The molecule has 7 heteroatoms. The number of aromatic nitrogens is 1. The van der Waals surface area contributed by atoms with Gasteiger partial charge in [-0.2, -0.15) is 0 Å². The second kappa shape index (κ2) is 10.1. The summed E-state index contributed by atoms with van der Waals surface area (Å²) in [6.07, 6.45) is 4.38. The van der Waals surface area contributed by atoms with Gasteiger partial charge in [-0.25, -0.2) is 8.78 Å². The molecule has 0 radical (unpaired) electrons. The van der Waals surface area contributed by atoms with Crippen LogP contribution in [0, 0.1) is 11.6 Å². The van der Waals surface area contributed by atoms with Crippen LogP contribution < -0.4 is 11.1 Å². The fourth-order valence-electron chi connectivity index (χ4n) is 4.71. The monoisotopic (exact) mass is 503 g/mol. The molecule has 36 heavy (non-hydrogen) atoms. The van der Waals surface area contributed by atoms with E-state index in [-0.39, 0.29) is 28.4 Å². The van der Waals surface area contributed by atoms with Crippen LogP contribution >= 0.6 is 11.6 Å². The molecule has 5 rings (SSSR count). The topological polar surface area (TPSA) is 68.0 Å². The first kappa shape index (κ1) is 23.9. The minimum Gasteiger partial charge on any atom is -0.396 e. The van der Waals surface area contributed by atoms with E-state index in [0.29, 0.717) is 28.8 Å². The molecule has 0 fully saturated rings. The van der Waals surface area contributed by atoms with E-state index in [2.05, 4.69) is 5.32 Å². The molecular formula is C29H24ClF2N3O. The molecular weight excluding hydrogens is 480 g/mol. The van der Waals surface area contributed by atoms with Gasteiger partial charge in [-0.15, -0.1) is 0 Å². The molecule has 3 N–H and O–H groups in total. The van der Waals surface area contributed by atoms with E-state index in [4.69, 9.17) is 22.3 Å². The smallest absolute Gasteiger partial charge is 0.224 e. The molecule has 1 amide bonds. The lowest BCUT2D eigenvalue weighted by Gasteiger charge is -2.20. The molecule has 2 heterocycles. The van der Waals surface area contributed by atoms with Crippen LogP contribution in [0.2, 0.25) is 5.02 Å². The highest BCUT2D eigenvalue weighted by molar-refractivity contribution is 6.31. The number of fused-ring (bicyclic) bond motifs is 4. The maximum absolute atomic E-state index is 14.1. The predicted octanol–water partition coefficient (Wildman–Crippen LogP) is 7.57. The molecule has 4 nitrogen and oxygen atoms in total. The van der Waals surface area contributed by atoms with Gasteiger partial charge < -0.3 is 11.1 Å². The SMILES string of the molecule is Nc1c(F)cc(Cl)cc1-c1ccc(C2CCCCC(=O)Nc3ccc(F)cc3-c3cccc2c3)nc1. The maximum Gasteiger partial charge on any atom is 0.224 e. The van der Waals surface area contributed by atoms with Crippen molar-refractivity contribution in [2.75, 3.05) is 11.1 Å². The number of nitrogens with one attached hydrogen (secondary N) is 1. The molecule has 1 aromatic heterocycles.